The number of amides is 2. The van der Waals surface area contributed by atoms with Gasteiger partial charge < -0.3 is 10.6 Å². The van der Waals surface area contributed by atoms with Crippen molar-refractivity contribution >= 4 is 40.7 Å². The lowest BCUT2D eigenvalue weighted by Gasteiger charge is -2.08. The molecular formula is C15H12Cl2N2O2. The second-order valence-corrected chi connectivity index (χ2v) is 5.06. The Hall–Kier alpha value is -2.04. The van der Waals surface area contributed by atoms with Crippen LogP contribution in [0.2, 0.25) is 10.0 Å². The molecule has 0 aliphatic carbocycles. The lowest BCUT2D eigenvalue weighted by Crippen LogP contribution is -2.33. The van der Waals surface area contributed by atoms with E-state index in [2.05, 4.69) is 10.6 Å². The lowest BCUT2D eigenvalue weighted by molar-refractivity contribution is -0.115. The second-order valence-electron chi connectivity index (χ2n) is 4.22. The van der Waals surface area contributed by atoms with Gasteiger partial charge in [0.2, 0.25) is 5.91 Å². The zero-order chi connectivity index (χ0) is 15.2. The molecule has 0 aliphatic heterocycles. The number of hydrogen-bond donors (Lipinski definition) is 2. The SMILES string of the molecule is O=C(CNC(=O)c1ccccc1Cl)Nc1cccc(Cl)c1. The third-order valence-electron chi connectivity index (χ3n) is 2.64. The summed E-state index contributed by atoms with van der Waals surface area (Å²) in [6, 6.07) is 13.4. The van der Waals surface area contributed by atoms with Gasteiger partial charge in [0, 0.05) is 10.7 Å². The van der Waals surface area contributed by atoms with Crippen LogP contribution in [0.25, 0.3) is 0 Å². The van der Waals surface area contributed by atoms with Crippen molar-refractivity contribution < 1.29 is 9.59 Å². The highest BCUT2D eigenvalue weighted by Crippen LogP contribution is 2.15. The van der Waals surface area contributed by atoms with Crippen LogP contribution in [0, 0.1) is 0 Å². The molecule has 6 heteroatoms. The second kappa shape index (κ2) is 7.11. The minimum atomic E-state index is -0.401. The van der Waals surface area contributed by atoms with Gasteiger partial charge in [0.05, 0.1) is 17.1 Å². The minimum absolute atomic E-state index is 0.156. The van der Waals surface area contributed by atoms with Crippen molar-refractivity contribution in [3.63, 3.8) is 0 Å². The topological polar surface area (TPSA) is 58.2 Å². The first-order valence-corrected chi connectivity index (χ1v) is 6.90. The van der Waals surface area contributed by atoms with Gasteiger partial charge in [-0.25, -0.2) is 0 Å². The molecule has 21 heavy (non-hydrogen) atoms. The minimum Gasteiger partial charge on any atom is -0.343 e. The van der Waals surface area contributed by atoms with Crippen molar-refractivity contribution in [2.24, 2.45) is 0 Å². The number of carbonyl (C=O) groups excluding carboxylic acids is 2. The van der Waals surface area contributed by atoms with E-state index in [1.165, 1.54) is 0 Å². The first-order chi connectivity index (χ1) is 10.1. The van der Waals surface area contributed by atoms with Crippen LogP contribution in [0.1, 0.15) is 10.4 Å². The molecule has 0 aromatic heterocycles. The number of benzene rings is 2. The van der Waals surface area contributed by atoms with Gasteiger partial charge in [0.25, 0.3) is 5.91 Å². The largest absolute Gasteiger partial charge is 0.343 e. The maximum atomic E-state index is 11.9. The third-order valence-corrected chi connectivity index (χ3v) is 3.20. The van der Waals surface area contributed by atoms with Gasteiger partial charge in [-0.05, 0) is 30.3 Å². The molecule has 0 saturated heterocycles. The third kappa shape index (κ3) is 4.48. The highest BCUT2D eigenvalue weighted by molar-refractivity contribution is 6.33. The maximum absolute atomic E-state index is 11.9. The molecule has 0 heterocycles. The Morgan fingerprint density at radius 3 is 2.48 bits per heavy atom. The van der Waals surface area contributed by atoms with Gasteiger partial charge in [-0.15, -0.1) is 0 Å². The number of anilines is 1. The van der Waals surface area contributed by atoms with Crippen molar-refractivity contribution in [1.82, 2.24) is 5.32 Å². The molecule has 2 aromatic rings. The fourth-order valence-electron chi connectivity index (χ4n) is 1.67. The van der Waals surface area contributed by atoms with Crippen molar-refractivity contribution in [3.8, 4) is 0 Å². The Morgan fingerprint density at radius 1 is 1.00 bits per heavy atom. The smallest absolute Gasteiger partial charge is 0.253 e. The van der Waals surface area contributed by atoms with Crippen LogP contribution in [0.5, 0.6) is 0 Å². The summed E-state index contributed by atoms with van der Waals surface area (Å²) in [6.45, 7) is -0.156. The summed E-state index contributed by atoms with van der Waals surface area (Å²) in [7, 11) is 0. The molecule has 108 valence electrons. The number of hydrogen-bond acceptors (Lipinski definition) is 2. The van der Waals surface area contributed by atoms with Crippen LogP contribution in [0.15, 0.2) is 48.5 Å². The normalized spacial score (nSPS) is 10.0. The van der Waals surface area contributed by atoms with E-state index in [1.807, 2.05) is 0 Å². The highest BCUT2D eigenvalue weighted by atomic mass is 35.5. The van der Waals surface area contributed by atoms with E-state index in [1.54, 1.807) is 48.5 Å². The van der Waals surface area contributed by atoms with E-state index in [-0.39, 0.29) is 12.5 Å². The summed E-state index contributed by atoms with van der Waals surface area (Å²) in [5.41, 5.74) is 0.897. The number of carbonyl (C=O) groups is 2. The molecule has 0 aliphatic rings. The summed E-state index contributed by atoms with van der Waals surface area (Å²) in [5.74, 6) is -0.750. The first-order valence-electron chi connectivity index (χ1n) is 6.14. The molecule has 0 radical (unpaired) electrons. The van der Waals surface area contributed by atoms with Gasteiger partial charge in [-0.2, -0.15) is 0 Å². The number of halogens is 2. The van der Waals surface area contributed by atoms with Crippen molar-refractivity contribution in [2.75, 3.05) is 11.9 Å². The molecule has 0 bridgehead atoms. The Morgan fingerprint density at radius 2 is 1.76 bits per heavy atom. The summed E-state index contributed by atoms with van der Waals surface area (Å²) < 4.78 is 0. The Kier molecular flexibility index (Phi) is 5.20. The van der Waals surface area contributed by atoms with E-state index < -0.39 is 5.91 Å². The van der Waals surface area contributed by atoms with Gasteiger partial charge in [-0.3, -0.25) is 9.59 Å². The molecular weight excluding hydrogens is 311 g/mol. The predicted octanol–water partition coefficient (Wildman–Crippen LogP) is 3.36. The fourth-order valence-corrected chi connectivity index (χ4v) is 2.08. The molecule has 0 spiro atoms. The molecule has 4 nitrogen and oxygen atoms in total. The molecule has 0 unspecified atom stereocenters. The van der Waals surface area contributed by atoms with Crippen molar-refractivity contribution in [3.05, 3.63) is 64.1 Å². The molecule has 2 amide bonds. The molecule has 2 N–H and O–H groups in total. The van der Waals surface area contributed by atoms with E-state index >= 15 is 0 Å². The van der Waals surface area contributed by atoms with E-state index in [9.17, 15) is 9.59 Å². The van der Waals surface area contributed by atoms with Gasteiger partial charge in [0.15, 0.2) is 0 Å². The van der Waals surface area contributed by atoms with Crippen LogP contribution in [-0.4, -0.2) is 18.4 Å². The fraction of sp³-hybridized carbons (Fsp3) is 0.0667. The Balaban J connectivity index is 1.90. The zero-order valence-electron chi connectivity index (χ0n) is 10.9. The lowest BCUT2D eigenvalue weighted by atomic mass is 10.2. The van der Waals surface area contributed by atoms with Gasteiger partial charge in [0.1, 0.15) is 0 Å². The van der Waals surface area contributed by atoms with Crippen molar-refractivity contribution in [1.29, 1.82) is 0 Å². The Labute approximate surface area is 132 Å². The van der Waals surface area contributed by atoms with Crippen LogP contribution < -0.4 is 10.6 Å². The van der Waals surface area contributed by atoms with Crippen LogP contribution in [-0.2, 0) is 4.79 Å². The monoisotopic (exact) mass is 322 g/mol. The van der Waals surface area contributed by atoms with E-state index in [0.29, 0.717) is 21.3 Å². The molecule has 2 rings (SSSR count). The molecule has 0 saturated carbocycles. The standard InChI is InChI=1S/C15H12Cl2N2O2/c16-10-4-3-5-11(8-10)19-14(20)9-18-15(21)12-6-1-2-7-13(12)17/h1-8H,9H2,(H,18,21)(H,19,20). The van der Waals surface area contributed by atoms with Crippen LogP contribution in [0.3, 0.4) is 0 Å². The average molecular weight is 323 g/mol. The van der Waals surface area contributed by atoms with Crippen molar-refractivity contribution in [2.45, 2.75) is 0 Å². The summed E-state index contributed by atoms with van der Waals surface area (Å²) in [5, 5.41) is 6.00. The molecule has 0 atom stereocenters. The first kappa shape index (κ1) is 15.4. The average Bonchev–Trinajstić information content (AvgIpc) is 2.45. The summed E-state index contributed by atoms with van der Waals surface area (Å²) in [4.78, 5) is 23.6. The zero-order valence-corrected chi connectivity index (χ0v) is 12.4. The van der Waals surface area contributed by atoms with Gasteiger partial charge in [-0.1, -0.05) is 41.4 Å². The molecule has 0 fully saturated rings. The summed E-state index contributed by atoms with van der Waals surface area (Å²) >= 11 is 11.7. The maximum Gasteiger partial charge on any atom is 0.253 e. The summed E-state index contributed by atoms with van der Waals surface area (Å²) in [6.07, 6.45) is 0. The van der Waals surface area contributed by atoms with Crippen LogP contribution in [0.4, 0.5) is 5.69 Å². The quantitative estimate of drug-likeness (QED) is 0.906. The van der Waals surface area contributed by atoms with Crippen LogP contribution >= 0.6 is 23.2 Å². The Bertz CT molecular complexity index is 674. The van der Waals surface area contributed by atoms with E-state index in [4.69, 9.17) is 23.2 Å². The van der Waals surface area contributed by atoms with Gasteiger partial charge >= 0.3 is 0 Å². The molecule has 2 aromatic carbocycles. The highest BCUT2D eigenvalue weighted by Gasteiger charge is 2.11. The van der Waals surface area contributed by atoms with E-state index in [0.717, 1.165) is 0 Å². The predicted molar refractivity (Wildman–Crippen MR) is 83.9 cm³/mol. The number of nitrogens with one attached hydrogen (secondary N) is 2. The number of rotatable bonds is 4.